The van der Waals surface area contributed by atoms with Crippen LogP contribution in [-0.4, -0.2) is 0 Å². The van der Waals surface area contributed by atoms with Crippen LogP contribution in [0.4, 0.5) is 0 Å². The Labute approximate surface area is 77.9 Å². The molecule has 4 N–H and O–H groups in total. The van der Waals surface area contributed by atoms with Crippen molar-refractivity contribution in [1.82, 2.24) is 0 Å². The Morgan fingerprint density at radius 1 is 1.00 bits per heavy atom. The highest BCUT2D eigenvalue weighted by molar-refractivity contribution is 5.36. The maximum Gasteiger partial charge on any atom is 0.0358 e. The topological polar surface area (TPSA) is 52.0 Å². The third-order valence-corrected chi connectivity index (χ3v) is 1.57. The average molecular weight is 170 g/mol. The summed E-state index contributed by atoms with van der Waals surface area (Å²) in [6, 6.07) is 12.5. The van der Waals surface area contributed by atoms with Gasteiger partial charge in [0.1, 0.15) is 0 Å². The lowest BCUT2D eigenvalue weighted by atomic mass is 10.1. The zero-order valence-electron chi connectivity index (χ0n) is 7.17. The van der Waals surface area contributed by atoms with E-state index in [1.807, 2.05) is 24.3 Å². The van der Waals surface area contributed by atoms with Gasteiger partial charge in [-0.2, -0.15) is 0 Å². The minimum Gasteiger partial charge on any atom is -0.359 e. The number of nitrogens with two attached hydrogens (primary N) is 2. The highest BCUT2D eigenvalue weighted by Gasteiger charge is 1.89. The molecule has 0 aromatic heterocycles. The van der Waals surface area contributed by atoms with Gasteiger partial charge in [0.2, 0.25) is 0 Å². The average Bonchev–Trinajstić information content (AvgIpc) is 2.17. The molecule has 0 heterocycles. The molecule has 2 heteroatoms. The standard InChI is InChI=1S/C11H10N2/c12-8-1-2-10-3-5-11(6-4-10)7-9-13/h3-6H,2,12-13H2. The molecular formula is C11H10N2. The lowest BCUT2D eigenvalue weighted by Gasteiger charge is -1.94. The van der Waals surface area contributed by atoms with Crippen LogP contribution in [-0.2, 0) is 6.42 Å². The summed E-state index contributed by atoms with van der Waals surface area (Å²) < 4.78 is 0. The molecule has 64 valence electrons. The second-order valence-corrected chi connectivity index (χ2v) is 2.46. The first-order valence-electron chi connectivity index (χ1n) is 3.86. The van der Waals surface area contributed by atoms with Gasteiger partial charge in [-0.05, 0) is 23.6 Å². The van der Waals surface area contributed by atoms with Gasteiger partial charge in [-0.25, -0.2) is 0 Å². The molecule has 0 saturated heterocycles. The van der Waals surface area contributed by atoms with E-state index < -0.39 is 0 Å². The van der Waals surface area contributed by atoms with Crippen molar-refractivity contribution in [3.05, 3.63) is 35.4 Å². The van der Waals surface area contributed by atoms with Crippen molar-refractivity contribution in [2.24, 2.45) is 11.5 Å². The van der Waals surface area contributed by atoms with Gasteiger partial charge in [0.25, 0.3) is 0 Å². The van der Waals surface area contributed by atoms with Crippen molar-refractivity contribution in [2.45, 2.75) is 6.42 Å². The summed E-state index contributed by atoms with van der Waals surface area (Å²) in [5.41, 5.74) is 12.2. The molecule has 0 unspecified atom stereocenters. The van der Waals surface area contributed by atoms with Crippen LogP contribution < -0.4 is 11.5 Å². The number of hydrogen-bond acceptors (Lipinski definition) is 2. The first-order chi connectivity index (χ1) is 6.36. The first kappa shape index (κ1) is 9.03. The van der Waals surface area contributed by atoms with Gasteiger partial charge in [0, 0.05) is 24.1 Å². The van der Waals surface area contributed by atoms with Crippen molar-refractivity contribution in [3.8, 4) is 23.9 Å². The minimum absolute atomic E-state index is 0.673. The summed E-state index contributed by atoms with van der Waals surface area (Å²) >= 11 is 0. The second-order valence-electron chi connectivity index (χ2n) is 2.46. The van der Waals surface area contributed by atoms with E-state index in [2.05, 4.69) is 23.9 Å². The number of hydrogen-bond donors (Lipinski definition) is 2. The van der Waals surface area contributed by atoms with E-state index in [4.69, 9.17) is 11.5 Å². The molecule has 0 amide bonds. The van der Waals surface area contributed by atoms with E-state index in [1.165, 1.54) is 0 Å². The lowest BCUT2D eigenvalue weighted by molar-refractivity contribution is 1.31. The zero-order chi connectivity index (χ0) is 9.52. The van der Waals surface area contributed by atoms with Crippen molar-refractivity contribution >= 4 is 0 Å². The number of rotatable bonds is 1. The SMILES string of the molecule is NC#CCc1ccc(C#CN)cc1. The summed E-state index contributed by atoms with van der Waals surface area (Å²) in [5.74, 6) is 5.54. The maximum absolute atomic E-state index is 5.08. The molecule has 0 aliphatic rings. The fourth-order valence-electron chi connectivity index (χ4n) is 0.942. The van der Waals surface area contributed by atoms with Gasteiger partial charge in [0.05, 0.1) is 0 Å². The van der Waals surface area contributed by atoms with Gasteiger partial charge >= 0.3 is 0 Å². The summed E-state index contributed by atoms with van der Waals surface area (Å²) in [4.78, 5) is 0. The zero-order valence-corrected chi connectivity index (χ0v) is 7.17. The molecule has 0 fully saturated rings. The Bertz CT molecular complexity index is 382. The molecule has 1 rings (SSSR count). The fraction of sp³-hybridized carbons (Fsp3) is 0.0909. The molecule has 1 aromatic rings. The first-order valence-corrected chi connectivity index (χ1v) is 3.86. The molecule has 0 atom stereocenters. The van der Waals surface area contributed by atoms with E-state index in [9.17, 15) is 0 Å². The Balaban J connectivity index is 2.77. The van der Waals surface area contributed by atoms with Crippen molar-refractivity contribution in [1.29, 1.82) is 0 Å². The Morgan fingerprint density at radius 3 is 2.23 bits per heavy atom. The highest BCUT2D eigenvalue weighted by atomic mass is 14.5. The highest BCUT2D eigenvalue weighted by Crippen LogP contribution is 2.03. The van der Waals surface area contributed by atoms with Gasteiger partial charge in [-0.15, -0.1) is 0 Å². The van der Waals surface area contributed by atoms with Crippen LogP contribution in [0.15, 0.2) is 24.3 Å². The van der Waals surface area contributed by atoms with Gasteiger partial charge < -0.3 is 11.5 Å². The summed E-state index contributed by atoms with van der Waals surface area (Å²) in [6.45, 7) is 0. The van der Waals surface area contributed by atoms with E-state index in [0.29, 0.717) is 6.42 Å². The molecule has 1 aromatic carbocycles. The van der Waals surface area contributed by atoms with Crippen LogP contribution in [0.25, 0.3) is 0 Å². The van der Waals surface area contributed by atoms with Crippen LogP contribution in [0.1, 0.15) is 11.1 Å². The van der Waals surface area contributed by atoms with Crippen molar-refractivity contribution in [2.75, 3.05) is 0 Å². The summed E-state index contributed by atoms with van der Waals surface area (Å²) in [5, 5.41) is 0. The van der Waals surface area contributed by atoms with E-state index in [1.54, 1.807) is 0 Å². The van der Waals surface area contributed by atoms with E-state index >= 15 is 0 Å². The second kappa shape index (κ2) is 4.74. The smallest absolute Gasteiger partial charge is 0.0358 e. The summed E-state index contributed by atoms with van der Waals surface area (Å²) in [6.07, 6.45) is 0.673. The van der Waals surface area contributed by atoms with Crippen LogP contribution >= 0.6 is 0 Å². The normalized spacial score (nSPS) is 7.69. The monoisotopic (exact) mass is 170 g/mol. The van der Waals surface area contributed by atoms with Crippen molar-refractivity contribution < 1.29 is 0 Å². The van der Waals surface area contributed by atoms with Crippen LogP contribution in [0.2, 0.25) is 0 Å². The Hall–Kier alpha value is -2.06. The fourth-order valence-corrected chi connectivity index (χ4v) is 0.942. The summed E-state index contributed by atoms with van der Waals surface area (Å²) in [7, 11) is 0. The predicted octanol–water partition coefficient (Wildman–Crippen LogP) is 0.416. The number of benzene rings is 1. The van der Waals surface area contributed by atoms with E-state index in [0.717, 1.165) is 11.1 Å². The van der Waals surface area contributed by atoms with Gasteiger partial charge in [-0.1, -0.05) is 18.1 Å². The molecule has 0 bridgehead atoms. The third kappa shape index (κ3) is 2.81. The molecular weight excluding hydrogens is 160 g/mol. The lowest BCUT2D eigenvalue weighted by Crippen LogP contribution is -1.85. The molecule has 0 radical (unpaired) electrons. The molecule has 13 heavy (non-hydrogen) atoms. The van der Waals surface area contributed by atoms with Crippen LogP contribution in [0.5, 0.6) is 0 Å². The third-order valence-electron chi connectivity index (χ3n) is 1.57. The van der Waals surface area contributed by atoms with Crippen molar-refractivity contribution in [3.63, 3.8) is 0 Å². The molecule has 0 spiro atoms. The molecule has 0 aliphatic heterocycles. The Morgan fingerprint density at radius 2 is 1.69 bits per heavy atom. The molecule has 2 nitrogen and oxygen atoms in total. The van der Waals surface area contributed by atoms with E-state index in [-0.39, 0.29) is 0 Å². The minimum atomic E-state index is 0.673. The largest absolute Gasteiger partial charge is 0.359 e. The maximum atomic E-state index is 5.08. The predicted molar refractivity (Wildman–Crippen MR) is 53.2 cm³/mol. The van der Waals surface area contributed by atoms with Gasteiger partial charge in [0.15, 0.2) is 0 Å². The Kier molecular flexibility index (Phi) is 3.30. The molecule has 0 aliphatic carbocycles. The van der Waals surface area contributed by atoms with Gasteiger partial charge in [-0.3, -0.25) is 0 Å². The quantitative estimate of drug-likeness (QED) is 0.474. The van der Waals surface area contributed by atoms with Crippen LogP contribution in [0.3, 0.4) is 0 Å². The van der Waals surface area contributed by atoms with Crippen LogP contribution in [0, 0.1) is 23.9 Å². The molecule has 0 saturated carbocycles.